The number of hydrogen-bond donors (Lipinski definition) is 2. The molecular weight excluding hydrogens is 482 g/mol. The van der Waals surface area contributed by atoms with Crippen LogP contribution in [0.25, 0.3) is 0 Å². The number of likely N-dealkylation sites (tertiary alicyclic amines) is 1. The number of methoxy groups -OCH3 is 1. The molecule has 1 atom stereocenters. The minimum atomic E-state index is -0.243. The van der Waals surface area contributed by atoms with Crippen molar-refractivity contribution in [3.8, 4) is 5.75 Å². The third-order valence-electron chi connectivity index (χ3n) is 6.71. The average Bonchev–Trinajstić information content (AvgIpc) is 3.59. The van der Waals surface area contributed by atoms with Gasteiger partial charge in [-0.05, 0) is 68.0 Å². The number of pyridine rings is 1. The molecule has 2 aromatic heterocycles. The van der Waals surface area contributed by atoms with Gasteiger partial charge in [0.05, 0.1) is 12.8 Å². The van der Waals surface area contributed by atoms with E-state index in [9.17, 15) is 9.59 Å². The van der Waals surface area contributed by atoms with Crippen LogP contribution < -0.4 is 15.4 Å². The summed E-state index contributed by atoms with van der Waals surface area (Å²) in [6.07, 6.45) is 7.80. The maximum Gasteiger partial charge on any atom is 0.254 e. The van der Waals surface area contributed by atoms with Crippen LogP contribution in [0.5, 0.6) is 5.75 Å². The number of nitrogens with zero attached hydrogens (tertiary/aromatic N) is 3. The van der Waals surface area contributed by atoms with Gasteiger partial charge in [0.2, 0.25) is 5.89 Å². The van der Waals surface area contributed by atoms with E-state index in [-0.39, 0.29) is 17.9 Å². The molecule has 3 heterocycles. The van der Waals surface area contributed by atoms with Crippen molar-refractivity contribution in [1.29, 1.82) is 0 Å². The van der Waals surface area contributed by atoms with E-state index in [4.69, 9.17) is 9.15 Å². The molecule has 9 nitrogen and oxygen atoms in total. The number of hydrogen-bond acceptors (Lipinski definition) is 7. The van der Waals surface area contributed by atoms with Crippen LogP contribution in [0.1, 0.15) is 88.5 Å². The van der Waals surface area contributed by atoms with Gasteiger partial charge < -0.3 is 24.7 Å². The van der Waals surface area contributed by atoms with Crippen LogP contribution in [0.15, 0.2) is 47.3 Å². The Morgan fingerprint density at radius 1 is 1.16 bits per heavy atom. The maximum atomic E-state index is 13.4. The monoisotopic (exact) mass is 519 g/mol. The Morgan fingerprint density at radius 2 is 1.97 bits per heavy atom. The predicted molar refractivity (Wildman–Crippen MR) is 144 cm³/mol. The summed E-state index contributed by atoms with van der Waals surface area (Å²) >= 11 is 0. The molecule has 2 amide bonds. The van der Waals surface area contributed by atoms with Gasteiger partial charge in [-0.3, -0.25) is 14.6 Å². The molecule has 3 aromatic rings. The zero-order valence-electron chi connectivity index (χ0n) is 22.6. The molecule has 9 heteroatoms. The van der Waals surface area contributed by atoms with Crippen molar-refractivity contribution >= 4 is 11.8 Å². The fraction of sp³-hybridized carbons (Fsp3) is 0.448. The highest BCUT2D eigenvalue weighted by Crippen LogP contribution is 2.33. The lowest BCUT2D eigenvalue weighted by atomic mass is 10.0. The lowest BCUT2D eigenvalue weighted by Gasteiger charge is -2.23. The number of benzene rings is 1. The molecule has 0 saturated carbocycles. The predicted octanol–water partition coefficient (Wildman–Crippen LogP) is 4.40. The first kappa shape index (κ1) is 27.3. The summed E-state index contributed by atoms with van der Waals surface area (Å²) in [5, 5.41) is 6.35. The summed E-state index contributed by atoms with van der Waals surface area (Å²) in [5.74, 6) is 1.04. The highest BCUT2D eigenvalue weighted by Gasteiger charge is 2.34. The van der Waals surface area contributed by atoms with Gasteiger partial charge in [0, 0.05) is 43.2 Å². The Kier molecular flexibility index (Phi) is 9.12. The van der Waals surface area contributed by atoms with Gasteiger partial charge in [0.25, 0.3) is 11.8 Å². The SMILES string of the molecule is COc1cc(C(=O)NCCCNCc2cncc(C(C)C)c2)cc(C(=O)N2CCCC2c2nc(C)co2)c1. The number of ether oxygens (including phenoxy) is 1. The Balaban J connectivity index is 1.31. The van der Waals surface area contributed by atoms with Gasteiger partial charge in [0.15, 0.2) is 0 Å². The highest BCUT2D eigenvalue weighted by molar-refractivity contribution is 6.00. The van der Waals surface area contributed by atoms with E-state index >= 15 is 0 Å². The summed E-state index contributed by atoms with van der Waals surface area (Å²) in [5.41, 5.74) is 3.95. The van der Waals surface area contributed by atoms with Crippen LogP contribution in [0.4, 0.5) is 0 Å². The number of nitrogens with one attached hydrogen (secondary N) is 2. The number of aromatic nitrogens is 2. The first-order chi connectivity index (χ1) is 18.4. The van der Waals surface area contributed by atoms with Gasteiger partial charge in [0.1, 0.15) is 18.1 Å². The molecule has 1 fully saturated rings. The van der Waals surface area contributed by atoms with Crippen LogP contribution in [0.3, 0.4) is 0 Å². The standard InChI is InChI=1S/C29H37N5O4/c1-19(2)24-11-21(16-31-17-24)15-30-8-6-9-32-27(35)22-12-23(14-25(13-22)37-4)29(36)34-10-5-7-26(34)28-33-20(3)18-38-28/h11-14,16-19,26,30H,5-10,15H2,1-4H3,(H,32,35). The second-order valence-corrected chi connectivity index (χ2v) is 10.0. The Bertz CT molecular complexity index is 1260. The molecule has 1 aromatic carbocycles. The van der Waals surface area contributed by atoms with Crippen LogP contribution in [0.2, 0.25) is 0 Å². The summed E-state index contributed by atoms with van der Waals surface area (Å²) in [7, 11) is 1.53. The Morgan fingerprint density at radius 3 is 2.71 bits per heavy atom. The minimum Gasteiger partial charge on any atom is -0.497 e. The molecule has 4 rings (SSSR count). The second-order valence-electron chi connectivity index (χ2n) is 10.0. The molecule has 0 bridgehead atoms. The molecule has 0 radical (unpaired) electrons. The Labute approximate surface area is 224 Å². The molecule has 0 spiro atoms. The smallest absolute Gasteiger partial charge is 0.254 e. The van der Waals surface area contributed by atoms with Crippen LogP contribution >= 0.6 is 0 Å². The summed E-state index contributed by atoms with van der Waals surface area (Å²) in [6, 6.07) is 6.91. The minimum absolute atomic E-state index is 0.170. The lowest BCUT2D eigenvalue weighted by molar-refractivity contribution is 0.0715. The van der Waals surface area contributed by atoms with Gasteiger partial charge in [-0.2, -0.15) is 0 Å². The van der Waals surface area contributed by atoms with E-state index in [1.807, 2.05) is 19.3 Å². The Hall–Kier alpha value is -3.72. The average molecular weight is 520 g/mol. The van der Waals surface area contributed by atoms with Crippen molar-refractivity contribution in [2.45, 2.75) is 58.5 Å². The van der Waals surface area contributed by atoms with Gasteiger partial charge in [-0.1, -0.05) is 19.9 Å². The van der Waals surface area contributed by atoms with E-state index in [0.717, 1.165) is 43.6 Å². The third kappa shape index (κ3) is 6.77. The van der Waals surface area contributed by atoms with Crippen molar-refractivity contribution in [2.75, 3.05) is 26.7 Å². The number of amides is 2. The molecule has 38 heavy (non-hydrogen) atoms. The first-order valence-corrected chi connectivity index (χ1v) is 13.2. The molecular formula is C29H37N5O4. The van der Waals surface area contributed by atoms with Crippen molar-refractivity contribution in [2.24, 2.45) is 0 Å². The summed E-state index contributed by atoms with van der Waals surface area (Å²) in [6.45, 7) is 8.77. The quantitative estimate of drug-likeness (QED) is 0.362. The molecule has 2 N–H and O–H groups in total. The third-order valence-corrected chi connectivity index (χ3v) is 6.71. The lowest BCUT2D eigenvalue weighted by Crippen LogP contribution is -2.31. The van der Waals surface area contributed by atoms with E-state index in [1.54, 1.807) is 29.4 Å². The second kappa shape index (κ2) is 12.7. The largest absolute Gasteiger partial charge is 0.497 e. The number of oxazole rings is 1. The molecule has 202 valence electrons. The number of carbonyl (C=O) groups is 2. The number of carbonyl (C=O) groups excluding carboxylic acids is 2. The fourth-order valence-electron chi connectivity index (χ4n) is 4.60. The van der Waals surface area contributed by atoms with Gasteiger partial charge in [-0.15, -0.1) is 0 Å². The first-order valence-electron chi connectivity index (χ1n) is 13.2. The molecule has 0 aliphatic carbocycles. The van der Waals surface area contributed by atoms with E-state index in [0.29, 0.717) is 41.8 Å². The topological polar surface area (TPSA) is 110 Å². The van der Waals surface area contributed by atoms with Crippen molar-refractivity contribution < 1.29 is 18.7 Å². The van der Waals surface area contributed by atoms with E-state index < -0.39 is 0 Å². The van der Waals surface area contributed by atoms with Crippen LogP contribution in [-0.2, 0) is 6.54 Å². The number of aryl methyl sites for hydroxylation is 1. The summed E-state index contributed by atoms with van der Waals surface area (Å²) in [4.78, 5) is 36.9. The van der Waals surface area contributed by atoms with Crippen molar-refractivity contribution in [3.05, 3.63) is 76.8 Å². The van der Waals surface area contributed by atoms with Gasteiger partial charge >= 0.3 is 0 Å². The molecule has 1 unspecified atom stereocenters. The molecule has 1 aliphatic heterocycles. The fourth-order valence-corrected chi connectivity index (χ4v) is 4.60. The zero-order chi connectivity index (χ0) is 27.1. The highest BCUT2D eigenvalue weighted by atomic mass is 16.5. The maximum absolute atomic E-state index is 13.4. The van der Waals surface area contributed by atoms with Crippen molar-refractivity contribution in [1.82, 2.24) is 25.5 Å². The van der Waals surface area contributed by atoms with Crippen LogP contribution in [0, 0.1) is 6.92 Å². The normalized spacial score (nSPS) is 15.2. The van der Waals surface area contributed by atoms with E-state index in [2.05, 4.69) is 40.5 Å². The molecule has 1 saturated heterocycles. The molecule has 1 aliphatic rings. The van der Waals surface area contributed by atoms with Gasteiger partial charge in [-0.25, -0.2) is 4.98 Å². The van der Waals surface area contributed by atoms with Crippen LogP contribution in [-0.4, -0.2) is 53.4 Å². The van der Waals surface area contributed by atoms with E-state index in [1.165, 1.54) is 12.7 Å². The van der Waals surface area contributed by atoms with Crippen molar-refractivity contribution in [3.63, 3.8) is 0 Å². The number of rotatable bonds is 11. The zero-order valence-corrected chi connectivity index (χ0v) is 22.6. The summed E-state index contributed by atoms with van der Waals surface area (Å²) < 4.78 is 11.0.